The molecular formula is C15H18N2O4S. The van der Waals surface area contributed by atoms with Crippen LogP contribution in [0.1, 0.15) is 31.2 Å². The molecule has 1 aliphatic rings. The van der Waals surface area contributed by atoms with Crippen LogP contribution in [-0.4, -0.2) is 33.9 Å². The van der Waals surface area contributed by atoms with E-state index in [9.17, 15) is 19.7 Å². The van der Waals surface area contributed by atoms with Gasteiger partial charge in [0, 0.05) is 37.3 Å². The SMILES string of the molecule is O=C1CCC(=O)N1CCCCSCc1ccc([N+](=O)[O-])cc1. The van der Waals surface area contributed by atoms with Crippen LogP contribution in [0.5, 0.6) is 0 Å². The van der Waals surface area contributed by atoms with Gasteiger partial charge in [0.05, 0.1) is 4.92 Å². The highest BCUT2D eigenvalue weighted by atomic mass is 32.2. The van der Waals surface area contributed by atoms with Crippen molar-refractivity contribution in [2.24, 2.45) is 0 Å². The number of thioether (sulfide) groups is 1. The lowest BCUT2D eigenvalue weighted by atomic mass is 10.2. The van der Waals surface area contributed by atoms with Gasteiger partial charge in [0.25, 0.3) is 5.69 Å². The summed E-state index contributed by atoms with van der Waals surface area (Å²) in [6, 6.07) is 6.57. The van der Waals surface area contributed by atoms with E-state index in [1.807, 2.05) is 0 Å². The second-order valence-electron chi connectivity index (χ2n) is 5.12. The van der Waals surface area contributed by atoms with Crippen molar-refractivity contribution in [3.05, 3.63) is 39.9 Å². The predicted octanol–water partition coefficient (Wildman–Crippen LogP) is 2.76. The predicted molar refractivity (Wildman–Crippen MR) is 84.4 cm³/mol. The minimum absolute atomic E-state index is 0.0523. The summed E-state index contributed by atoms with van der Waals surface area (Å²) in [6.07, 6.45) is 2.47. The Bertz CT molecular complexity index is 543. The molecule has 0 unspecified atom stereocenters. The van der Waals surface area contributed by atoms with Crippen LogP contribution in [0.3, 0.4) is 0 Å². The molecule has 1 aromatic rings. The summed E-state index contributed by atoms with van der Waals surface area (Å²) in [5, 5.41) is 10.5. The van der Waals surface area contributed by atoms with Crippen molar-refractivity contribution in [1.29, 1.82) is 0 Å². The van der Waals surface area contributed by atoms with E-state index in [0.29, 0.717) is 19.4 Å². The Hall–Kier alpha value is -1.89. The maximum absolute atomic E-state index is 11.4. The number of benzene rings is 1. The first kappa shape index (κ1) is 16.5. The maximum Gasteiger partial charge on any atom is 0.269 e. The first-order valence-electron chi connectivity index (χ1n) is 7.22. The molecule has 1 aromatic carbocycles. The number of likely N-dealkylation sites (tertiary alicyclic amines) is 1. The lowest BCUT2D eigenvalue weighted by molar-refractivity contribution is -0.384. The van der Waals surface area contributed by atoms with Crippen LogP contribution in [-0.2, 0) is 15.3 Å². The van der Waals surface area contributed by atoms with Crippen molar-refractivity contribution in [2.45, 2.75) is 31.4 Å². The molecule has 0 aromatic heterocycles. The minimum Gasteiger partial charge on any atom is -0.283 e. The molecule has 2 rings (SSSR count). The Kier molecular flexibility index (Phi) is 5.94. The van der Waals surface area contributed by atoms with Crippen molar-refractivity contribution in [3.63, 3.8) is 0 Å². The molecule has 7 heteroatoms. The van der Waals surface area contributed by atoms with Gasteiger partial charge in [0.1, 0.15) is 0 Å². The van der Waals surface area contributed by atoms with Crippen molar-refractivity contribution >= 4 is 29.3 Å². The zero-order valence-electron chi connectivity index (χ0n) is 12.2. The van der Waals surface area contributed by atoms with Gasteiger partial charge in [0.2, 0.25) is 11.8 Å². The molecule has 1 aliphatic heterocycles. The molecule has 0 bridgehead atoms. The largest absolute Gasteiger partial charge is 0.283 e. The molecule has 0 saturated carbocycles. The van der Waals surface area contributed by atoms with E-state index in [4.69, 9.17) is 0 Å². The molecule has 1 fully saturated rings. The van der Waals surface area contributed by atoms with Gasteiger partial charge in [0.15, 0.2) is 0 Å². The lowest BCUT2D eigenvalue weighted by Crippen LogP contribution is -2.30. The topological polar surface area (TPSA) is 80.5 Å². The van der Waals surface area contributed by atoms with Gasteiger partial charge in [-0.15, -0.1) is 0 Å². The summed E-state index contributed by atoms with van der Waals surface area (Å²) < 4.78 is 0. The molecular weight excluding hydrogens is 304 g/mol. The van der Waals surface area contributed by atoms with Crippen molar-refractivity contribution in [2.75, 3.05) is 12.3 Å². The van der Waals surface area contributed by atoms with Crippen LogP contribution >= 0.6 is 11.8 Å². The van der Waals surface area contributed by atoms with E-state index in [-0.39, 0.29) is 17.5 Å². The molecule has 0 atom stereocenters. The third-order valence-electron chi connectivity index (χ3n) is 3.49. The molecule has 2 amide bonds. The van der Waals surface area contributed by atoms with Crippen LogP contribution in [0.2, 0.25) is 0 Å². The standard InChI is InChI=1S/C15H18N2O4S/c18-14-7-8-15(19)16(14)9-1-2-10-22-11-12-3-5-13(6-4-12)17(20)21/h3-6H,1-2,7-11H2. The first-order chi connectivity index (χ1) is 10.6. The van der Waals surface area contributed by atoms with Crippen LogP contribution < -0.4 is 0 Å². The number of unbranched alkanes of at least 4 members (excludes halogenated alkanes) is 1. The third-order valence-corrected chi connectivity index (χ3v) is 4.61. The number of nitrogens with zero attached hydrogens (tertiary/aromatic N) is 2. The van der Waals surface area contributed by atoms with Crippen molar-refractivity contribution < 1.29 is 14.5 Å². The van der Waals surface area contributed by atoms with Gasteiger partial charge in [-0.2, -0.15) is 11.8 Å². The summed E-state index contributed by atoms with van der Waals surface area (Å²) in [4.78, 5) is 34.3. The van der Waals surface area contributed by atoms with E-state index in [0.717, 1.165) is 29.9 Å². The molecule has 6 nitrogen and oxygen atoms in total. The summed E-state index contributed by atoms with van der Waals surface area (Å²) in [7, 11) is 0. The summed E-state index contributed by atoms with van der Waals surface area (Å²) >= 11 is 1.75. The van der Waals surface area contributed by atoms with E-state index in [2.05, 4.69) is 0 Å². The van der Waals surface area contributed by atoms with Gasteiger partial charge in [-0.05, 0) is 24.2 Å². The van der Waals surface area contributed by atoms with Crippen LogP contribution in [0.4, 0.5) is 5.69 Å². The van der Waals surface area contributed by atoms with Gasteiger partial charge < -0.3 is 0 Å². The summed E-state index contributed by atoms with van der Waals surface area (Å²) in [5.41, 5.74) is 1.16. The fourth-order valence-corrected chi connectivity index (χ4v) is 3.23. The second kappa shape index (κ2) is 7.93. The molecule has 118 valence electrons. The molecule has 0 radical (unpaired) electrons. The number of carbonyl (C=O) groups is 2. The molecule has 0 N–H and O–H groups in total. The number of hydrogen-bond acceptors (Lipinski definition) is 5. The quantitative estimate of drug-likeness (QED) is 0.318. The number of carbonyl (C=O) groups excluding carboxylic acids is 2. The lowest BCUT2D eigenvalue weighted by Gasteiger charge is -2.12. The van der Waals surface area contributed by atoms with E-state index >= 15 is 0 Å². The van der Waals surface area contributed by atoms with Crippen LogP contribution in [0.25, 0.3) is 0 Å². The van der Waals surface area contributed by atoms with Crippen LogP contribution in [0.15, 0.2) is 24.3 Å². The van der Waals surface area contributed by atoms with E-state index in [1.165, 1.54) is 17.0 Å². The third kappa shape index (κ3) is 4.56. The number of amides is 2. The highest BCUT2D eigenvalue weighted by Crippen LogP contribution is 2.18. The Morgan fingerprint density at radius 1 is 1.09 bits per heavy atom. The first-order valence-corrected chi connectivity index (χ1v) is 8.37. The zero-order valence-corrected chi connectivity index (χ0v) is 13.0. The van der Waals surface area contributed by atoms with Gasteiger partial charge >= 0.3 is 0 Å². The summed E-state index contributed by atoms with van der Waals surface area (Å²) in [6.45, 7) is 0.524. The monoisotopic (exact) mass is 322 g/mol. The highest BCUT2D eigenvalue weighted by Gasteiger charge is 2.27. The molecule has 0 spiro atoms. The number of rotatable bonds is 8. The van der Waals surface area contributed by atoms with Crippen molar-refractivity contribution in [1.82, 2.24) is 4.90 Å². The average molecular weight is 322 g/mol. The second-order valence-corrected chi connectivity index (χ2v) is 6.23. The van der Waals surface area contributed by atoms with Gasteiger partial charge in [-0.3, -0.25) is 24.6 Å². The number of hydrogen-bond donors (Lipinski definition) is 0. The summed E-state index contributed by atoms with van der Waals surface area (Å²) in [5.74, 6) is 1.64. The molecule has 1 heterocycles. The Labute approximate surface area is 133 Å². The Morgan fingerprint density at radius 3 is 2.32 bits per heavy atom. The van der Waals surface area contributed by atoms with E-state index < -0.39 is 4.92 Å². The number of non-ortho nitro benzene ring substituents is 1. The minimum atomic E-state index is -0.405. The maximum atomic E-state index is 11.4. The van der Waals surface area contributed by atoms with Gasteiger partial charge in [-0.1, -0.05) is 12.1 Å². The fraction of sp³-hybridized carbons (Fsp3) is 0.467. The Morgan fingerprint density at radius 2 is 1.73 bits per heavy atom. The average Bonchev–Trinajstić information content (AvgIpc) is 2.82. The molecule has 0 aliphatic carbocycles. The smallest absolute Gasteiger partial charge is 0.269 e. The fourth-order valence-electron chi connectivity index (χ4n) is 2.25. The van der Waals surface area contributed by atoms with Gasteiger partial charge in [-0.25, -0.2) is 0 Å². The number of imide groups is 1. The Balaban J connectivity index is 1.60. The van der Waals surface area contributed by atoms with Crippen LogP contribution in [0, 0.1) is 10.1 Å². The molecule has 1 saturated heterocycles. The molecule has 22 heavy (non-hydrogen) atoms. The van der Waals surface area contributed by atoms with E-state index in [1.54, 1.807) is 23.9 Å². The van der Waals surface area contributed by atoms with Crippen molar-refractivity contribution in [3.8, 4) is 0 Å². The normalized spacial score (nSPS) is 14.6. The number of nitro benzene ring substituents is 1. The highest BCUT2D eigenvalue weighted by molar-refractivity contribution is 7.98. The zero-order chi connectivity index (χ0) is 15.9. The number of nitro groups is 1.